The van der Waals surface area contributed by atoms with Crippen LogP contribution in [-0.2, 0) is 14.4 Å². The van der Waals surface area contributed by atoms with Gasteiger partial charge in [0.2, 0.25) is 11.8 Å². The minimum atomic E-state index is -2.14. The van der Waals surface area contributed by atoms with Crippen molar-refractivity contribution in [2.75, 3.05) is 6.54 Å². The molecule has 7 nitrogen and oxygen atoms in total. The van der Waals surface area contributed by atoms with Crippen LogP contribution in [0.4, 0.5) is 4.39 Å². The summed E-state index contributed by atoms with van der Waals surface area (Å²) in [4.78, 5) is 38.4. The predicted molar refractivity (Wildman–Crippen MR) is 95.1 cm³/mol. The number of halogens is 1. The van der Waals surface area contributed by atoms with Gasteiger partial charge in [-0.2, -0.15) is 0 Å². The summed E-state index contributed by atoms with van der Waals surface area (Å²) in [5, 5.41) is 11.6. The highest BCUT2D eigenvalue weighted by molar-refractivity contribution is 5.92. The van der Waals surface area contributed by atoms with Crippen LogP contribution in [0.15, 0.2) is 0 Å². The zero-order chi connectivity index (χ0) is 19.9. The van der Waals surface area contributed by atoms with Crippen molar-refractivity contribution in [3.63, 3.8) is 0 Å². The van der Waals surface area contributed by atoms with E-state index in [1.807, 2.05) is 27.7 Å². The summed E-state index contributed by atoms with van der Waals surface area (Å²) in [6, 6.07) is -0.651. The first-order valence-electron chi connectivity index (χ1n) is 9.39. The lowest BCUT2D eigenvalue weighted by Crippen LogP contribution is -2.54. The first kappa shape index (κ1) is 22.3. The number of likely N-dealkylation sites (tertiary alicyclic amines) is 1. The van der Waals surface area contributed by atoms with Crippen molar-refractivity contribution in [1.82, 2.24) is 15.7 Å². The number of rotatable bonds is 9. The molecule has 0 radical (unpaired) electrons. The average molecular weight is 373 g/mol. The molecule has 1 aliphatic rings. The van der Waals surface area contributed by atoms with Crippen LogP contribution in [0.1, 0.15) is 66.2 Å². The molecular weight excluding hydrogens is 341 g/mol. The summed E-state index contributed by atoms with van der Waals surface area (Å²) < 4.78 is 14.4. The molecule has 0 spiro atoms. The van der Waals surface area contributed by atoms with Gasteiger partial charge in [0.1, 0.15) is 6.04 Å². The highest BCUT2D eigenvalue weighted by atomic mass is 19.1. The summed E-state index contributed by atoms with van der Waals surface area (Å²) in [6.45, 7) is 8.03. The third-order valence-corrected chi connectivity index (χ3v) is 5.08. The molecule has 8 heteroatoms. The molecule has 150 valence electrons. The van der Waals surface area contributed by atoms with E-state index in [0.29, 0.717) is 25.8 Å². The Kier molecular flexibility index (Phi) is 8.46. The van der Waals surface area contributed by atoms with Crippen LogP contribution < -0.4 is 10.8 Å². The number of carbonyl (C=O) groups is 3. The molecule has 3 N–H and O–H groups in total. The highest BCUT2D eigenvalue weighted by Gasteiger charge is 2.42. The van der Waals surface area contributed by atoms with E-state index in [-0.39, 0.29) is 12.3 Å². The van der Waals surface area contributed by atoms with Gasteiger partial charge in [0.25, 0.3) is 5.91 Å². The van der Waals surface area contributed by atoms with Gasteiger partial charge in [0.05, 0.1) is 5.92 Å². The molecule has 3 amide bonds. The third-order valence-electron chi connectivity index (χ3n) is 5.08. The fourth-order valence-electron chi connectivity index (χ4n) is 3.08. The number of amides is 3. The standard InChI is InChI=1S/C18H32FN3O4/c1-5-7-9-12(14(19)16(24)21-26)17(25)22-11-8-10-13(22)15(23)20-18(3,4)6-2/h12-14,26H,5-11H2,1-4H3,(H,20,23)(H,21,24)/t12-,13+,14-/m1/s1. The molecule has 1 fully saturated rings. The Labute approximate surface area is 154 Å². The summed E-state index contributed by atoms with van der Waals surface area (Å²) in [5.41, 5.74) is 0.882. The second-order valence-corrected chi connectivity index (χ2v) is 7.54. The van der Waals surface area contributed by atoms with E-state index < -0.39 is 35.5 Å². The summed E-state index contributed by atoms with van der Waals surface area (Å²) in [6.07, 6.45) is 1.27. The maximum absolute atomic E-state index is 14.4. The first-order valence-corrected chi connectivity index (χ1v) is 9.39. The van der Waals surface area contributed by atoms with Gasteiger partial charge in [0.15, 0.2) is 6.17 Å². The van der Waals surface area contributed by atoms with Crippen LogP contribution in [0.3, 0.4) is 0 Å². The van der Waals surface area contributed by atoms with Gasteiger partial charge < -0.3 is 10.2 Å². The van der Waals surface area contributed by atoms with Crippen molar-refractivity contribution >= 4 is 17.7 Å². The molecule has 1 aliphatic heterocycles. The summed E-state index contributed by atoms with van der Waals surface area (Å²) in [5.74, 6) is -3.22. The molecule has 1 rings (SSSR count). The Morgan fingerprint density at radius 1 is 1.31 bits per heavy atom. The van der Waals surface area contributed by atoms with Gasteiger partial charge in [-0.05, 0) is 39.5 Å². The van der Waals surface area contributed by atoms with E-state index in [9.17, 15) is 18.8 Å². The second-order valence-electron chi connectivity index (χ2n) is 7.54. The molecular formula is C18H32FN3O4. The van der Waals surface area contributed by atoms with Crippen LogP contribution in [0, 0.1) is 5.92 Å². The maximum Gasteiger partial charge on any atom is 0.278 e. The van der Waals surface area contributed by atoms with Crippen molar-refractivity contribution in [3.05, 3.63) is 0 Å². The van der Waals surface area contributed by atoms with Gasteiger partial charge >= 0.3 is 0 Å². The Balaban J connectivity index is 2.94. The van der Waals surface area contributed by atoms with Gasteiger partial charge in [0, 0.05) is 12.1 Å². The van der Waals surface area contributed by atoms with Gasteiger partial charge in [-0.15, -0.1) is 0 Å². The molecule has 0 aromatic rings. The molecule has 0 aromatic heterocycles. The fraction of sp³-hybridized carbons (Fsp3) is 0.833. The number of hydrogen-bond acceptors (Lipinski definition) is 4. The van der Waals surface area contributed by atoms with Crippen molar-refractivity contribution in [3.8, 4) is 0 Å². The molecule has 26 heavy (non-hydrogen) atoms. The Morgan fingerprint density at radius 3 is 2.50 bits per heavy atom. The van der Waals surface area contributed by atoms with Crippen LogP contribution in [0.25, 0.3) is 0 Å². The van der Waals surface area contributed by atoms with Gasteiger partial charge in [-0.25, -0.2) is 9.87 Å². The van der Waals surface area contributed by atoms with E-state index in [1.165, 1.54) is 10.4 Å². The molecule has 0 aromatic carbocycles. The number of nitrogens with one attached hydrogen (secondary N) is 2. The third kappa shape index (κ3) is 5.65. The van der Waals surface area contributed by atoms with Gasteiger partial charge in [-0.1, -0.05) is 26.7 Å². The lowest BCUT2D eigenvalue weighted by Gasteiger charge is -2.32. The maximum atomic E-state index is 14.4. The SMILES string of the molecule is CCCC[C@@H](C(=O)N1CCC[C@H]1C(=O)NC(C)(C)CC)[C@@H](F)C(=O)NO. The molecule has 3 atom stereocenters. The average Bonchev–Trinajstić information content (AvgIpc) is 3.10. The van der Waals surface area contributed by atoms with E-state index in [2.05, 4.69) is 5.32 Å². The van der Waals surface area contributed by atoms with Crippen molar-refractivity contribution in [2.24, 2.45) is 5.92 Å². The quantitative estimate of drug-likeness (QED) is 0.425. The molecule has 1 saturated heterocycles. The highest BCUT2D eigenvalue weighted by Crippen LogP contribution is 2.26. The Morgan fingerprint density at radius 2 is 1.96 bits per heavy atom. The fourth-order valence-corrected chi connectivity index (χ4v) is 3.08. The van der Waals surface area contributed by atoms with Gasteiger partial charge in [-0.3, -0.25) is 19.6 Å². The van der Waals surface area contributed by atoms with E-state index in [1.54, 1.807) is 0 Å². The number of alkyl halides is 1. The smallest absolute Gasteiger partial charge is 0.278 e. The lowest BCUT2D eigenvalue weighted by atomic mass is 9.94. The van der Waals surface area contributed by atoms with Crippen LogP contribution >= 0.6 is 0 Å². The minimum absolute atomic E-state index is 0.190. The summed E-state index contributed by atoms with van der Waals surface area (Å²) >= 11 is 0. The molecule has 1 heterocycles. The Hall–Kier alpha value is -1.70. The monoisotopic (exact) mass is 373 g/mol. The molecule has 0 saturated carbocycles. The number of hydrogen-bond donors (Lipinski definition) is 3. The molecule has 0 aliphatic carbocycles. The predicted octanol–water partition coefficient (Wildman–Crippen LogP) is 1.93. The van der Waals surface area contributed by atoms with Crippen LogP contribution in [-0.4, -0.2) is 52.1 Å². The number of hydroxylamine groups is 1. The van der Waals surface area contributed by atoms with Crippen molar-refractivity contribution in [2.45, 2.75) is 84.0 Å². The number of carbonyl (C=O) groups excluding carboxylic acids is 3. The summed E-state index contributed by atoms with van der Waals surface area (Å²) in [7, 11) is 0. The Bertz CT molecular complexity index is 513. The van der Waals surface area contributed by atoms with Crippen LogP contribution in [0.2, 0.25) is 0 Å². The van der Waals surface area contributed by atoms with Crippen molar-refractivity contribution < 1.29 is 24.0 Å². The molecule has 0 bridgehead atoms. The zero-order valence-electron chi connectivity index (χ0n) is 16.2. The topological polar surface area (TPSA) is 98.7 Å². The van der Waals surface area contributed by atoms with E-state index in [0.717, 1.165) is 12.8 Å². The van der Waals surface area contributed by atoms with Crippen molar-refractivity contribution in [1.29, 1.82) is 0 Å². The first-order chi connectivity index (χ1) is 12.2. The second kappa shape index (κ2) is 9.85. The zero-order valence-corrected chi connectivity index (χ0v) is 16.2. The number of nitrogens with zero attached hydrogens (tertiary/aromatic N) is 1. The van der Waals surface area contributed by atoms with E-state index >= 15 is 0 Å². The lowest BCUT2D eigenvalue weighted by molar-refractivity contribution is -0.149. The largest absolute Gasteiger partial charge is 0.349 e. The normalized spacial score (nSPS) is 19.8. The minimum Gasteiger partial charge on any atom is -0.349 e. The molecule has 0 unspecified atom stereocenters. The van der Waals surface area contributed by atoms with E-state index in [4.69, 9.17) is 5.21 Å². The van der Waals surface area contributed by atoms with Crippen LogP contribution in [0.5, 0.6) is 0 Å². The number of unbranched alkanes of at least 4 members (excludes halogenated alkanes) is 1.